The Labute approximate surface area is 122 Å². The molecule has 1 amide bonds. The molecular weight excluding hydrogens is 270 g/mol. The molecule has 1 unspecified atom stereocenters. The summed E-state index contributed by atoms with van der Waals surface area (Å²) in [5.74, 6) is 0.397. The maximum absolute atomic E-state index is 12.0. The first-order chi connectivity index (χ1) is 9.83. The highest BCUT2D eigenvalue weighted by atomic mass is 32.1. The van der Waals surface area contributed by atoms with E-state index in [0.29, 0.717) is 13.0 Å². The van der Waals surface area contributed by atoms with Gasteiger partial charge in [-0.15, -0.1) is 11.3 Å². The molecule has 2 heterocycles. The summed E-state index contributed by atoms with van der Waals surface area (Å²) in [5, 5.41) is 8.34. The molecule has 3 rings (SSSR count). The molecule has 4 nitrogen and oxygen atoms in total. The van der Waals surface area contributed by atoms with E-state index >= 15 is 0 Å². The highest BCUT2D eigenvalue weighted by molar-refractivity contribution is 7.07. The Hall–Kier alpha value is -1.88. The molecule has 0 fully saturated rings. The zero-order chi connectivity index (χ0) is 13.8. The van der Waals surface area contributed by atoms with Gasteiger partial charge in [-0.25, -0.2) is 4.98 Å². The van der Waals surface area contributed by atoms with Gasteiger partial charge in [0, 0.05) is 42.9 Å². The summed E-state index contributed by atoms with van der Waals surface area (Å²) in [4.78, 5) is 16.2. The molecule has 1 aliphatic rings. The van der Waals surface area contributed by atoms with E-state index in [0.717, 1.165) is 24.3 Å². The van der Waals surface area contributed by atoms with Crippen molar-refractivity contribution >= 4 is 22.9 Å². The Kier molecular flexibility index (Phi) is 3.97. The van der Waals surface area contributed by atoms with Gasteiger partial charge < -0.3 is 10.6 Å². The van der Waals surface area contributed by atoms with Crippen LogP contribution in [0.1, 0.15) is 23.6 Å². The van der Waals surface area contributed by atoms with Crippen molar-refractivity contribution in [3.8, 4) is 0 Å². The lowest BCUT2D eigenvalue weighted by atomic mass is 9.97. The van der Waals surface area contributed by atoms with Crippen LogP contribution < -0.4 is 10.6 Å². The topological polar surface area (TPSA) is 54.0 Å². The fraction of sp³-hybridized carbons (Fsp3) is 0.333. The molecule has 0 saturated carbocycles. The molecular formula is C15H17N3OS. The Morgan fingerprint density at radius 1 is 1.45 bits per heavy atom. The summed E-state index contributed by atoms with van der Waals surface area (Å²) in [7, 11) is 0. The number of hydrogen-bond donors (Lipinski definition) is 2. The van der Waals surface area contributed by atoms with Crippen LogP contribution in [0.5, 0.6) is 0 Å². The van der Waals surface area contributed by atoms with Crippen LogP contribution in [0.3, 0.4) is 0 Å². The van der Waals surface area contributed by atoms with Crippen LogP contribution in [0, 0.1) is 0 Å². The minimum absolute atomic E-state index is 0.115. The molecule has 2 aromatic rings. The van der Waals surface area contributed by atoms with Crippen molar-refractivity contribution in [3.05, 3.63) is 46.4 Å². The average Bonchev–Trinajstić information content (AvgIpc) is 3.09. The number of amides is 1. The number of carbonyl (C=O) groups excluding carboxylic acids is 1. The van der Waals surface area contributed by atoms with Crippen molar-refractivity contribution in [2.24, 2.45) is 0 Å². The summed E-state index contributed by atoms with van der Waals surface area (Å²) in [6.07, 6.45) is 1.34. The fourth-order valence-electron chi connectivity index (χ4n) is 2.53. The lowest BCUT2D eigenvalue weighted by Crippen LogP contribution is -2.27. The number of thiazole rings is 1. The maximum atomic E-state index is 12.0. The highest BCUT2D eigenvalue weighted by Crippen LogP contribution is 2.32. The summed E-state index contributed by atoms with van der Waals surface area (Å²) in [6, 6.07) is 8.21. The van der Waals surface area contributed by atoms with Crippen LogP contribution in [0.4, 0.5) is 5.69 Å². The quantitative estimate of drug-likeness (QED) is 0.888. The molecule has 104 valence electrons. The predicted octanol–water partition coefficient (Wildman–Crippen LogP) is 2.40. The van der Waals surface area contributed by atoms with E-state index in [2.05, 4.69) is 27.8 Å². The number of nitrogens with one attached hydrogen (secondary N) is 2. The number of benzene rings is 1. The van der Waals surface area contributed by atoms with Crippen LogP contribution in [-0.4, -0.2) is 24.0 Å². The van der Waals surface area contributed by atoms with Crippen LogP contribution in [0.25, 0.3) is 0 Å². The van der Waals surface area contributed by atoms with Gasteiger partial charge in [-0.05, 0) is 11.6 Å². The second kappa shape index (κ2) is 6.05. The van der Waals surface area contributed by atoms with Gasteiger partial charge in [0.1, 0.15) is 0 Å². The van der Waals surface area contributed by atoms with Gasteiger partial charge in [0.2, 0.25) is 5.91 Å². The van der Waals surface area contributed by atoms with Gasteiger partial charge in [-0.2, -0.15) is 0 Å². The van der Waals surface area contributed by atoms with Gasteiger partial charge in [0.25, 0.3) is 0 Å². The Balaban J connectivity index is 1.48. The molecule has 0 saturated heterocycles. The lowest BCUT2D eigenvalue weighted by Gasteiger charge is -2.10. The number of fused-ring (bicyclic) bond motifs is 1. The average molecular weight is 287 g/mol. The van der Waals surface area contributed by atoms with Crippen molar-refractivity contribution in [1.29, 1.82) is 0 Å². The largest absolute Gasteiger partial charge is 0.384 e. The molecule has 5 heteroatoms. The summed E-state index contributed by atoms with van der Waals surface area (Å²) in [5.41, 5.74) is 5.27. The molecule has 2 N–H and O–H groups in total. The van der Waals surface area contributed by atoms with Crippen molar-refractivity contribution in [2.45, 2.75) is 18.8 Å². The molecule has 20 heavy (non-hydrogen) atoms. The zero-order valence-electron chi connectivity index (χ0n) is 11.1. The minimum atomic E-state index is 0.115. The standard InChI is InChI=1S/C15H17N3OS/c19-15(16-6-5-12-9-20-10-18-12)7-11-8-17-14-4-2-1-3-13(11)14/h1-4,9-11,17H,5-8H2,(H,16,19). The summed E-state index contributed by atoms with van der Waals surface area (Å²) >= 11 is 1.58. The first-order valence-corrected chi connectivity index (χ1v) is 7.74. The smallest absolute Gasteiger partial charge is 0.220 e. The third-order valence-electron chi connectivity index (χ3n) is 3.56. The third kappa shape index (κ3) is 2.99. The number of nitrogens with zero attached hydrogens (tertiary/aromatic N) is 1. The first-order valence-electron chi connectivity index (χ1n) is 6.79. The van der Waals surface area contributed by atoms with Gasteiger partial charge in [-0.3, -0.25) is 4.79 Å². The first kappa shape index (κ1) is 13.1. The number of para-hydroxylation sites is 1. The summed E-state index contributed by atoms with van der Waals surface area (Å²) < 4.78 is 0. The maximum Gasteiger partial charge on any atom is 0.220 e. The van der Waals surface area contributed by atoms with E-state index in [4.69, 9.17) is 0 Å². The van der Waals surface area contributed by atoms with Crippen LogP contribution >= 0.6 is 11.3 Å². The summed E-state index contributed by atoms with van der Waals surface area (Å²) in [6.45, 7) is 1.50. The van der Waals surface area contributed by atoms with Gasteiger partial charge >= 0.3 is 0 Å². The number of rotatable bonds is 5. The number of anilines is 1. The van der Waals surface area contributed by atoms with Crippen molar-refractivity contribution in [3.63, 3.8) is 0 Å². The van der Waals surface area contributed by atoms with Crippen LogP contribution in [0.2, 0.25) is 0 Å². The second-order valence-corrected chi connectivity index (χ2v) is 5.67. The molecule has 1 aromatic carbocycles. The Morgan fingerprint density at radius 2 is 2.35 bits per heavy atom. The van der Waals surface area contributed by atoms with E-state index in [1.807, 2.05) is 23.0 Å². The van der Waals surface area contributed by atoms with Gasteiger partial charge in [-0.1, -0.05) is 18.2 Å². The van der Waals surface area contributed by atoms with E-state index in [1.165, 1.54) is 5.56 Å². The molecule has 1 aliphatic heterocycles. The van der Waals surface area contributed by atoms with Gasteiger partial charge in [0.15, 0.2) is 0 Å². The van der Waals surface area contributed by atoms with Crippen LogP contribution in [-0.2, 0) is 11.2 Å². The molecule has 1 atom stereocenters. The van der Waals surface area contributed by atoms with E-state index in [1.54, 1.807) is 11.3 Å². The van der Waals surface area contributed by atoms with Gasteiger partial charge in [0.05, 0.1) is 11.2 Å². The predicted molar refractivity (Wildman–Crippen MR) is 81.1 cm³/mol. The highest BCUT2D eigenvalue weighted by Gasteiger charge is 2.23. The number of carbonyl (C=O) groups is 1. The van der Waals surface area contributed by atoms with Crippen molar-refractivity contribution in [2.75, 3.05) is 18.4 Å². The molecule has 1 aromatic heterocycles. The zero-order valence-corrected chi connectivity index (χ0v) is 12.0. The molecule has 0 aliphatic carbocycles. The SMILES string of the molecule is O=C(CC1CNc2ccccc21)NCCc1cscn1. The van der Waals surface area contributed by atoms with Crippen molar-refractivity contribution < 1.29 is 4.79 Å². The number of hydrogen-bond acceptors (Lipinski definition) is 4. The second-order valence-electron chi connectivity index (χ2n) is 4.95. The molecule has 0 radical (unpaired) electrons. The molecule has 0 bridgehead atoms. The fourth-order valence-corrected chi connectivity index (χ4v) is 3.12. The number of aromatic nitrogens is 1. The molecule has 0 spiro atoms. The van der Waals surface area contributed by atoms with E-state index in [9.17, 15) is 4.79 Å². The lowest BCUT2D eigenvalue weighted by molar-refractivity contribution is -0.121. The normalized spacial score (nSPS) is 16.5. The van der Waals surface area contributed by atoms with Crippen molar-refractivity contribution in [1.82, 2.24) is 10.3 Å². The van der Waals surface area contributed by atoms with Crippen LogP contribution in [0.15, 0.2) is 35.2 Å². The van der Waals surface area contributed by atoms with E-state index < -0.39 is 0 Å². The Bertz CT molecular complexity index is 583. The minimum Gasteiger partial charge on any atom is -0.384 e. The van der Waals surface area contributed by atoms with E-state index in [-0.39, 0.29) is 11.8 Å². The monoisotopic (exact) mass is 287 g/mol. The third-order valence-corrected chi connectivity index (χ3v) is 4.19. The Morgan fingerprint density at radius 3 is 3.20 bits per heavy atom.